The van der Waals surface area contributed by atoms with Gasteiger partial charge in [0.1, 0.15) is 17.3 Å². The maximum atomic E-state index is 13.4. The lowest BCUT2D eigenvalue weighted by molar-refractivity contribution is 0.0948. The predicted octanol–water partition coefficient (Wildman–Crippen LogP) is 2.41. The van der Waals surface area contributed by atoms with E-state index in [4.69, 9.17) is 0 Å². The standard InChI is InChI=1S/C16H19FN4O/c1-11(2)21-15-10-19-14(9-20-15)16(22)18-8-7-12-5-3-4-6-13(12)17/h3-6,9-11H,7-8H2,1-2H3,(H,18,22)(H,20,21). The lowest BCUT2D eigenvalue weighted by atomic mass is 10.1. The molecule has 22 heavy (non-hydrogen) atoms. The number of hydrogen-bond donors (Lipinski definition) is 2. The molecular weight excluding hydrogens is 283 g/mol. The Hall–Kier alpha value is -2.50. The minimum Gasteiger partial charge on any atom is -0.367 e. The second-order valence-electron chi connectivity index (χ2n) is 5.18. The summed E-state index contributed by atoms with van der Waals surface area (Å²) in [4.78, 5) is 20.1. The Balaban J connectivity index is 1.86. The molecular formula is C16H19FN4O. The van der Waals surface area contributed by atoms with E-state index < -0.39 is 0 Å². The van der Waals surface area contributed by atoms with Gasteiger partial charge in [0.15, 0.2) is 0 Å². The van der Waals surface area contributed by atoms with Crippen LogP contribution in [0, 0.1) is 5.82 Å². The highest BCUT2D eigenvalue weighted by molar-refractivity contribution is 5.91. The summed E-state index contributed by atoms with van der Waals surface area (Å²) in [6.45, 7) is 4.32. The molecule has 1 aromatic carbocycles. The highest BCUT2D eigenvalue weighted by Gasteiger charge is 2.08. The summed E-state index contributed by atoms with van der Waals surface area (Å²) in [6, 6.07) is 6.76. The monoisotopic (exact) mass is 302 g/mol. The number of nitrogens with one attached hydrogen (secondary N) is 2. The van der Waals surface area contributed by atoms with Crippen molar-refractivity contribution in [3.05, 3.63) is 53.7 Å². The highest BCUT2D eigenvalue weighted by atomic mass is 19.1. The fourth-order valence-corrected chi connectivity index (χ4v) is 1.92. The Bertz CT molecular complexity index is 628. The van der Waals surface area contributed by atoms with Crippen LogP contribution in [0.1, 0.15) is 29.9 Å². The maximum absolute atomic E-state index is 13.4. The number of benzene rings is 1. The van der Waals surface area contributed by atoms with Gasteiger partial charge in [0.25, 0.3) is 5.91 Å². The zero-order valence-corrected chi connectivity index (χ0v) is 12.6. The lowest BCUT2D eigenvalue weighted by Crippen LogP contribution is -2.27. The summed E-state index contributed by atoms with van der Waals surface area (Å²) in [6.07, 6.45) is 3.37. The van der Waals surface area contributed by atoms with E-state index in [1.807, 2.05) is 13.8 Å². The fourth-order valence-electron chi connectivity index (χ4n) is 1.92. The van der Waals surface area contributed by atoms with Gasteiger partial charge in [-0.15, -0.1) is 0 Å². The van der Waals surface area contributed by atoms with E-state index in [-0.39, 0.29) is 23.5 Å². The number of aromatic nitrogens is 2. The zero-order valence-electron chi connectivity index (χ0n) is 12.6. The van der Waals surface area contributed by atoms with Gasteiger partial charge in [-0.1, -0.05) is 18.2 Å². The third-order valence-corrected chi connectivity index (χ3v) is 2.96. The van der Waals surface area contributed by atoms with Crippen LogP contribution in [-0.2, 0) is 6.42 Å². The van der Waals surface area contributed by atoms with Crippen LogP contribution in [0.2, 0.25) is 0 Å². The number of halogens is 1. The van der Waals surface area contributed by atoms with E-state index in [1.54, 1.807) is 18.2 Å². The van der Waals surface area contributed by atoms with Crippen molar-refractivity contribution in [2.24, 2.45) is 0 Å². The van der Waals surface area contributed by atoms with Gasteiger partial charge in [-0.05, 0) is 31.9 Å². The first-order valence-electron chi connectivity index (χ1n) is 7.16. The third kappa shape index (κ3) is 4.51. The molecule has 1 aromatic heterocycles. The number of carbonyl (C=O) groups excluding carboxylic acids is 1. The first-order valence-corrected chi connectivity index (χ1v) is 7.16. The molecule has 6 heteroatoms. The van der Waals surface area contributed by atoms with Crippen LogP contribution in [0.25, 0.3) is 0 Å². The average molecular weight is 302 g/mol. The van der Waals surface area contributed by atoms with Crippen LogP contribution in [0.5, 0.6) is 0 Å². The molecule has 1 amide bonds. The van der Waals surface area contributed by atoms with Crippen molar-refractivity contribution in [1.82, 2.24) is 15.3 Å². The summed E-state index contributed by atoms with van der Waals surface area (Å²) < 4.78 is 13.4. The van der Waals surface area contributed by atoms with Crippen molar-refractivity contribution in [1.29, 1.82) is 0 Å². The number of rotatable bonds is 6. The number of carbonyl (C=O) groups is 1. The summed E-state index contributed by atoms with van der Waals surface area (Å²) in [5, 5.41) is 5.80. The number of anilines is 1. The third-order valence-electron chi connectivity index (χ3n) is 2.96. The molecule has 0 saturated carbocycles. The van der Waals surface area contributed by atoms with Gasteiger partial charge >= 0.3 is 0 Å². The normalized spacial score (nSPS) is 10.5. The maximum Gasteiger partial charge on any atom is 0.271 e. The lowest BCUT2D eigenvalue weighted by Gasteiger charge is -2.09. The molecule has 0 aliphatic rings. The molecule has 0 radical (unpaired) electrons. The molecule has 0 bridgehead atoms. The van der Waals surface area contributed by atoms with Gasteiger partial charge in [-0.25, -0.2) is 14.4 Å². The van der Waals surface area contributed by atoms with Crippen molar-refractivity contribution < 1.29 is 9.18 Å². The molecule has 0 aliphatic carbocycles. The van der Waals surface area contributed by atoms with Crippen molar-refractivity contribution in [2.75, 3.05) is 11.9 Å². The Kier molecular flexibility index (Phi) is 5.41. The summed E-state index contributed by atoms with van der Waals surface area (Å²) >= 11 is 0. The number of hydrogen-bond acceptors (Lipinski definition) is 4. The molecule has 5 nitrogen and oxygen atoms in total. The van der Waals surface area contributed by atoms with Crippen LogP contribution in [0.3, 0.4) is 0 Å². The number of nitrogens with zero attached hydrogens (tertiary/aromatic N) is 2. The summed E-state index contributed by atoms with van der Waals surface area (Å²) in [7, 11) is 0. The molecule has 0 fully saturated rings. The molecule has 0 unspecified atom stereocenters. The largest absolute Gasteiger partial charge is 0.367 e. The van der Waals surface area contributed by atoms with E-state index in [1.165, 1.54) is 18.5 Å². The molecule has 116 valence electrons. The molecule has 0 aliphatic heterocycles. The minimum absolute atomic E-state index is 0.239. The first kappa shape index (κ1) is 15.9. The van der Waals surface area contributed by atoms with Crippen LogP contribution in [0.4, 0.5) is 10.2 Å². The first-order chi connectivity index (χ1) is 10.6. The SMILES string of the molecule is CC(C)Nc1cnc(C(=O)NCCc2ccccc2F)cn1. The van der Waals surface area contributed by atoms with Crippen molar-refractivity contribution >= 4 is 11.7 Å². The van der Waals surface area contributed by atoms with E-state index in [0.29, 0.717) is 24.3 Å². The van der Waals surface area contributed by atoms with E-state index in [9.17, 15) is 9.18 Å². The van der Waals surface area contributed by atoms with Crippen molar-refractivity contribution in [3.8, 4) is 0 Å². The zero-order chi connectivity index (χ0) is 15.9. The smallest absolute Gasteiger partial charge is 0.271 e. The Morgan fingerprint density at radius 1 is 1.23 bits per heavy atom. The molecule has 2 N–H and O–H groups in total. The topological polar surface area (TPSA) is 66.9 Å². The van der Waals surface area contributed by atoms with Crippen LogP contribution < -0.4 is 10.6 Å². The van der Waals surface area contributed by atoms with Gasteiger partial charge in [0, 0.05) is 12.6 Å². The summed E-state index contributed by atoms with van der Waals surface area (Å²) in [5.74, 6) is 0.0403. The molecule has 0 saturated heterocycles. The quantitative estimate of drug-likeness (QED) is 0.860. The van der Waals surface area contributed by atoms with Gasteiger partial charge in [0.05, 0.1) is 12.4 Å². The van der Waals surface area contributed by atoms with Crippen LogP contribution in [-0.4, -0.2) is 28.5 Å². The Morgan fingerprint density at radius 3 is 2.64 bits per heavy atom. The molecule has 0 atom stereocenters. The van der Waals surface area contributed by atoms with Crippen LogP contribution in [0.15, 0.2) is 36.7 Å². The number of amides is 1. The minimum atomic E-state index is -0.320. The summed E-state index contributed by atoms with van der Waals surface area (Å²) in [5.41, 5.74) is 0.813. The average Bonchev–Trinajstić information content (AvgIpc) is 2.49. The van der Waals surface area contributed by atoms with Gasteiger partial charge in [-0.2, -0.15) is 0 Å². The highest BCUT2D eigenvalue weighted by Crippen LogP contribution is 2.06. The predicted molar refractivity (Wildman–Crippen MR) is 83.2 cm³/mol. The second-order valence-corrected chi connectivity index (χ2v) is 5.18. The van der Waals surface area contributed by atoms with Crippen molar-refractivity contribution in [3.63, 3.8) is 0 Å². The van der Waals surface area contributed by atoms with Gasteiger partial charge in [0.2, 0.25) is 0 Å². The van der Waals surface area contributed by atoms with E-state index in [0.717, 1.165) is 0 Å². The van der Waals surface area contributed by atoms with Crippen molar-refractivity contribution in [2.45, 2.75) is 26.3 Å². The Labute approximate surface area is 129 Å². The molecule has 2 rings (SSSR count). The Morgan fingerprint density at radius 2 is 2.00 bits per heavy atom. The molecule has 1 heterocycles. The second kappa shape index (κ2) is 7.49. The fraction of sp³-hybridized carbons (Fsp3) is 0.312. The molecule has 2 aromatic rings. The van der Waals surface area contributed by atoms with E-state index >= 15 is 0 Å². The van der Waals surface area contributed by atoms with Gasteiger partial charge in [-0.3, -0.25) is 4.79 Å². The van der Waals surface area contributed by atoms with Crippen LogP contribution >= 0.6 is 0 Å². The van der Waals surface area contributed by atoms with E-state index in [2.05, 4.69) is 20.6 Å². The molecule has 0 spiro atoms. The van der Waals surface area contributed by atoms with Gasteiger partial charge < -0.3 is 10.6 Å².